The van der Waals surface area contributed by atoms with Crippen molar-refractivity contribution in [2.75, 3.05) is 19.7 Å². The lowest BCUT2D eigenvalue weighted by atomic mass is 9.78. The van der Waals surface area contributed by atoms with E-state index in [1.165, 1.54) is 47.7 Å². The van der Waals surface area contributed by atoms with Crippen LogP contribution < -0.4 is 20.2 Å². The summed E-state index contributed by atoms with van der Waals surface area (Å²) in [6.45, 7) is 13.3. The second-order valence-electron chi connectivity index (χ2n) is 16.4. The molecule has 11 nitrogen and oxygen atoms in total. The second-order valence-corrected chi connectivity index (χ2v) is 18.1. The molecule has 2 aromatic carbocycles. The van der Waals surface area contributed by atoms with Crippen LogP contribution in [0.5, 0.6) is 5.75 Å². The van der Waals surface area contributed by atoms with Gasteiger partial charge >= 0.3 is 13.2 Å². The molecule has 1 aliphatic carbocycles. The highest BCUT2D eigenvalue weighted by Gasteiger charge is 2.53. The van der Waals surface area contributed by atoms with Crippen molar-refractivity contribution in [1.29, 1.82) is 0 Å². The highest BCUT2D eigenvalue weighted by molar-refractivity contribution is 7.89. The van der Waals surface area contributed by atoms with Crippen molar-refractivity contribution in [3.05, 3.63) is 54.1 Å². The molecule has 0 aromatic heterocycles. The molecule has 2 saturated heterocycles. The number of alkyl halides is 2. The second kappa shape index (κ2) is 15.8. The summed E-state index contributed by atoms with van der Waals surface area (Å²) in [5.41, 5.74) is -2.07. The van der Waals surface area contributed by atoms with E-state index in [9.17, 15) is 18.0 Å². The van der Waals surface area contributed by atoms with Gasteiger partial charge in [-0.05, 0) is 110 Å². The molecule has 0 bridgehead atoms. The number of rotatable bonds is 11. The van der Waals surface area contributed by atoms with Crippen LogP contribution in [0.3, 0.4) is 0 Å². The van der Waals surface area contributed by atoms with Crippen molar-refractivity contribution >= 4 is 34.6 Å². The van der Waals surface area contributed by atoms with Crippen molar-refractivity contribution in [3.63, 3.8) is 0 Å². The third kappa shape index (κ3) is 10.1. The average molecular weight is 762 g/mol. The zero-order valence-corrected chi connectivity index (χ0v) is 32.7. The van der Waals surface area contributed by atoms with Gasteiger partial charge in [0.25, 0.3) is 5.92 Å². The maximum Gasteiger partial charge on any atom is 0.494 e. The van der Waals surface area contributed by atoms with Gasteiger partial charge in [0.05, 0.1) is 22.7 Å². The lowest BCUT2D eigenvalue weighted by Gasteiger charge is -2.36. The summed E-state index contributed by atoms with van der Waals surface area (Å²) >= 11 is 0. The van der Waals surface area contributed by atoms with Gasteiger partial charge in [0.2, 0.25) is 15.9 Å². The normalized spacial score (nSPS) is 20.5. The summed E-state index contributed by atoms with van der Waals surface area (Å²) < 4.78 is 86.1. The molecule has 1 atom stereocenters. The Morgan fingerprint density at radius 2 is 1.47 bits per heavy atom. The molecule has 2 aromatic rings. The number of piperidine rings is 1. The first kappa shape index (κ1) is 40.9. The average Bonchev–Trinajstić information content (AvgIpc) is 3.32. The van der Waals surface area contributed by atoms with E-state index < -0.39 is 63.5 Å². The number of sulfonamides is 1. The van der Waals surface area contributed by atoms with Gasteiger partial charge in [0, 0.05) is 24.7 Å². The van der Waals surface area contributed by atoms with Gasteiger partial charge in [0.1, 0.15) is 11.4 Å². The molecule has 1 unspecified atom stereocenters. The maximum absolute atomic E-state index is 16.6. The van der Waals surface area contributed by atoms with Gasteiger partial charge < -0.3 is 29.0 Å². The third-order valence-electron chi connectivity index (χ3n) is 10.6. The first-order valence-electron chi connectivity index (χ1n) is 18.5. The van der Waals surface area contributed by atoms with Crippen LogP contribution in [0, 0.1) is 5.92 Å². The minimum Gasteiger partial charge on any atom is -0.493 e. The number of amides is 2. The summed E-state index contributed by atoms with van der Waals surface area (Å²) in [5.74, 6) is -4.16. The molecular weight excluding hydrogens is 707 g/mol. The molecular formula is C38H54BF2N3O8S. The van der Waals surface area contributed by atoms with Crippen molar-refractivity contribution in [2.45, 2.75) is 133 Å². The Kier molecular flexibility index (Phi) is 12.2. The van der Waals surface area contributed by atoms with Crippen LogP contribution in [-0.4, -0.2) is 81.0 Å². The van der Waals surface area contributed by atoms with E-state index in [0.717, 1.165) is 37.8 Å². The predicted molar refractivity (Wildman–Crippen MR) is 198 cm³/mol. The fourth-order valence-corrected chi connectivity index (χ4v) is 7.88. The monoisotopic (exact) mass is 761 g/mol. The summed E-state index contributed by atoms with van der Waals surface area (Å²) in [5, 5.41) is 2.76. The first-order chi connectivity index (χ1) is 24.7. The Labute approximate surface area is 313 Å². The Hall–Kier alpha value is -3.27. The minimum atomic E-state index is -4.62. The number of nitrogens with one attached hydrogen (secondary N) is 2. The number of halogens is 2. The summed E-state index contributed by atoms with van der Waals surface area (Å²) in [4.78, 5) is 27.2. The molecule has 3 fully saturated rings. The van der Waals surface area contributed by atoms with Gasteiger partial charge in [-0.3, -0.25) is 4.79 Å². The van der Waals surface area contributed by atoms with Crippen molar-refractivity contribution in [1.82, 2.24) is 14.9 Å². The van der Waals surface area contributed by atoms with Crippen LogP contribution in [-0.2, 0) is 34.8 Å². The predicted octanol–water partition coefficient (Wildman–Crippen LogP) is 5.90. The molecule has 5 rings (SSSR count). The van der Waals surface area contributed by atoms with E-state index in [1.54, 1.807) is 20.8 Å². The molecule has 15 heteroatoms. The summed E-state index contributed by atoms with van der Waals surface area (Å²) in [6.07, 6.45) is 5.61. The molecule has 0 spiro atoms. The Bertz CT molecular complexity index is 1670. The molecule has 292 valence electrons. The zero-order valence-electron chi connectivity index (χ0n) is 31.9. The standard InChI is InChI=1S/C38H54BF2N3O8S/c1-35(2,3)50-34(46)42-29-21-23-44(24-22-29)33(45)32(38(40,41)27-13-15-28(16-14-27)39-51-36(4,5)37(6,7)52-39)43-53(47,48)31-19-17-30(18-20-31)49-25-26-11-9-8-10-12-26/h13-20,26,29,32,43H,8-12,21-25H2,1-7H3,(H,42,46). The van der Waals surface area contributed by atoms with Crippen LogP contribution in [0.1, 0.15) is 99.0 Å². The maximum atomic E-state index is 16.6. The van der Waals surface area contributed by atoms with Crippen molar-refractivity contribution in [2.24, 2.45) is 5.92 Å². The first-order valence-corrected chi connectivity index (χ1v) is 20.0. The number of alkyl carbamates (subject to hydrolysis) is 1. The van der Waals surface area contributed by atoms with E-state index >= 15 is 8.78 Å². The zero-order chi connectivity index (χ0) is 38.8. The highest BCUT2D eigenvalue weighted by atomic mass is 32.2. The number of hydrogen-bond acceptors (Lipinski definition) is 8. The molecule has 2 heterocycles. The number of benzene rings is 2. The lowest BCUT2D eigenvalue weighted by molar-refractivity contribution is -0.145. The van der Waals surface area contributed by atoms with Crippen molar-refractivity contribution < 1.29 is 45.6 Å². The molecule has 53 heavy (non-hydrogen) atoms. The Morgan fingerprint density at radius 1 is 0.906 bits per heavy atom. The van der Waals surface area contributed by atoms with Crippen LogP contribution in [0.2, 0.25) is 0 Å². The van der Waals surface area contributed by atoms with E-state index in [2.05, 4.69) is 10.0 Å². The number of carbonyl (C=O) groups excluding carboxylic acids is 2. The van der Waals surface area contributed by atoms with Gasteiger partial charge in [-0.1, -0.05) is 43.5 Å². The Balaban J connectivity index is 1.34. The van der Waals surface area contributed by atoms with Gasteiger partial charge in [0.15, 0.2) is 6.04 Å². The number of carbonyl (C=O) groups is 2. The Morgan fingerprint density at radius 3 is 2.02 bits per heavy atom. The molecule has 2 aliphatic heterocycles. The van der Waals surface area contributed by atoms with Crippen LogP contribution in [0.4, 0.5) is 13.6 Å². The fraction of sp³-hybridized carbons (Fsp3) is 0.632. The molecule has 1 saturated carbocycles. The molecule has 0 radical (unpaired) electrons. The molecule has 3 aliphatic rings. The van der Waals surface area contributed by atoms with Crippen molar-refractivity contribution in [3.8, 4) is 5.75 Å². The smallest absolute Gasteiger partial charge is 0.493 e. The number of likely N-dealkylation sites (tertiary alicyclic amines) is 1. The quantitative estimate of drug-likeness (QED) is 0.271. The SMILES string of the molecule is CC(C)(C)OC(=O)NC1CCN(C(=O)C(NS(=O)(=O)c2ccc(OCC3CCCCC3)cc2)C(F)(F)c2ccc(B3OC(C)(C)C(C)(C)O3)cc2)CC1. The van der Waals surface area contributed by atoms with Gasteiger partial charge in [-0.2, -0.15) is 13.5 Å². The topological polar surface area (TPSA) is 132 Å². The van der Waals surface area contributed by atoms with Crippen LogP contribution in [0.25, 0.3) is 0 Å². The number of hydrogen-bond donors (Lipinski definition) is 2. The summed E-state index contributed by atoms with van der Waals surface area (Å²) in [7, 11) is -5.43. The minimum absolute atomic E-state index is 0.0154. The van der Waals surface area contributed by atoms with E-state index in [4.69, 9.17) is 18.8 Å². The van der Waals surface area contributed by atoms with E-state index in [1.807, 2.05) is 27.7 Å². The lowest BCUT2D eigenvalue weighted by Crippen LogP contribution is -2.58. The van der Waals surface area contributed by atoms with E-state index in [0.29, 0.717) is 23.7 Å². The number of ether oxygens (including phenoxy) is 2. The largest absolute Gasteiger partial charge is 0.494 e. The van der Waals surface area contributed by atoms with E-state index in [-0.39, 0.29) is 36.9 Å². The third-order valence-corrected chi connectivity index (χ3v) is 12.0. The molecule has 2 amide bonds. The van der Waals surface area contributed by atoms with Gasteiger partial charge in [-0.15, -0.1) is 0 Å². The summed E-state index contributed by atoms with van der Waals surface area (Å²) in [6, 6.07) is 7.89. The van der Waals surface area contributed by atoms with Crippen LogP contribution >= 0.6 is 0 Å². The highest BCUT2D eigenvalue weighted by Crippen LogP contribution is 2.38. The number of nitrogens with zero attached hydrogens (tertiary/aromatic N) is 1. The molecule has 2 N–H and O–H groups in total. The van der Waals surface area contributed by atoms with Gasteiger partial charge in [-0.25, -0.2) is 13.2 Å². The van der Waals surface area contributed by atoms with Crippen LogP contribution in [0.15, 0.2) is 53.4 Å². The fourth-order valence-electron chi connectivity index (χ4n) is 6.69.